The van der Waals surface area contributed by atoms with Gasteiger partial charge in [-0.25, -0.2) is 0 Å². The van der Waals surface area contributed by atoms with E-state index in [0.717, 1.165) is 38.0 Å². The highest BCUT2D eigenvalue weighted by Crippen LogP contribution is 2.19. The largest absolute Gasteiger partial charge is 0.385 e. The summed E-state index contributed by atoms with van der Waals surface area (Å²) in [5.41, 5.74) is 8.17. The van der Waals surface area contributed by atoms with E-state index in [1.165, 1.54) is 5.56 Å². The summed E-state index contributed by atoms with van der Waals surface area (Å²) in [5.74, 6) is 0.00619. The fraction of sp³-hybridized carbons (Fsp3) is 0.611. The molecule has 1 aliphatic heterocycles. The van der Waals surface area contributed by atoms with Crippen molar-refractivity contribution >= 4 is 18.3 Å². The predicted octanol–water partition coefficient (Wildman–Crippen LogP) is 2.46. The molecule has 2 rings (SSSR count). The first-order valence-electron chi connectivity index (χ1n) is 8.33. The van der Waals surface area contributed by atoms with Crippen LogP contribution in [0.1, 0.15) is 36.4 Å². The van der Waals surface area contributed by atoms with Crippen LogP contribution < -0.4 is 5.73 Å². The number of carbonyl (C=O) groups is 1. The van der Waals surface area contributed by atoms with E-state index in [0.29, 0.717) is 13.1 Å². The average Bonchev–Trinajstić information content (AvgIpc) is 2.59. The molecule has 0 spiro atoms. The maximum atomic E-state index is 12.5. The zero-order chi connectivity index (χ0) is 16.7. The molecule has 6 heteroatoms. The van der Waals surface area contributed by atoms with Gasteiger partial charge in [0.25, 0.3) is 0 Å². The second-order valence-electron chi connectivity index (χ2n) is 6.13. The van der Waals surface area contributed by atoms with Gasteiger partial charge in [-0.15, -0.1) is 12.4 Å². The normalized spacial score (nSPS) is 16.5. The van der Waals surface area contributed by atoms with Crippen molar-refractivity contribution in [3.8, 4) is 0 Å². The molecule has 2 N–H and O–H groups in total. The molecule has 1 saturated heterocycles. The Bertz CT molecular complexity index is 488. The first-order chi connectivity index (χ1) is 11.1. The third-order valence-corrected chi connectivity index (χ3v) is 4.30. The topological polar surface area (TPSA) is 64.8 Å². The van der Waals surface area contributed by atoms with Gasteiger partial charge in [0.1, 0.15) is 6.04 Å². The summed E-state index contributed by atoms with van der Waals surface area (Å²) >= 11 is 0. The summed E-state index contributed by atoms with van der Waals surface area (Å²) in [5, 5.41) is 0. The molecule has 1 aromatic rings. The average molecular weight is 357 g/mol. The van der Waals surface area contributed by atoms with Gasteiger partial charge in [-0.05, 0) is 31.7 Å². The summed E-state index contributed by atoms with van der Waals surface area (Å²) in [7, 11) is 1.70. The Kier molecular flexibility index (Phi) is 9.29. The SMILES string of the molecule is COCCCOC1CCN(C(=O)C(N)c2ccc(C)cc2)CC1.Cl. The number of piperidine rings is 1. The van der Waals surface area contributed by atoms with Gasteiger partial charge in [0.15, 0.2) is 0 Å². The number of nitrogens with two attached hydrogens (primary N) is 1. The monoisotopic (exact) mass is 356 g/mol. The smallest absolute Gasteiger partial charge is 0.244 e. The van der Waals surface area contributed by atoms with E-state index in [1.807, 2.05) is 36.1 Å². The number of hydrogen-bond acceptors (Lipinski definition) is 4. The van der Waals surface area contributed by atoms with E-state index in [4.69, 9.17) is 15.2 Å². The zero-order valence-electron chi connectivity index (χ0n) is 14.6. The fourth-order valence-electron chi connectivity index (χ4n) is 2.81. The van der Waals surface area contributed by atoms with Crippen LogP contribution in [0.2, 0.25) is 0 Å². The maximum Gasteiger partial charge on any atom is 0.244 e. The molecule has 0 radical (unpaired) electrons. The van der Waals surface area contributed by atoms with Crippen molar-refractivity contribution in [2.45, 2.75) is 38.3 Å². The van der Waals surface area contributed by atoms with Crippen molar-refractivity contribution < 1.29 is 14.3 Å². The Hall–Kier alpha value is -1.14. The quantitative estimate of drug-likeness (QED) is 0.762. The second kappa shape index (κ2) is 10.7. The van der Waals surface area contributed by atoms with Gasteiger partial charge in [0.2, 0.25) is 5.91 Å². The fourth-order valence-corrected chi connectivity index (χ4v) is 2.81. The third-order valence-electron chi connectivity index (χ3n) is 4.30. The van der Waals surface area contributed by atoms with Gasteiger partial charge < -0.3 is 20.1 Å². The van der Waals surface area contributed by atoms with E-state index in [2.05, 4.69) is 0 Å². The molecule has 1 amide bonds. The molecule has 0 aliphatic carbocycles. The number of amides is 1. The minimum atomic E-state index is -0.574. The highest BCUT2D eigenvalue weighted by atomic mass is 35.5. The number of methoxy groups -OCH3 is 1. The molecule has 0 bridgehead atoms. The van der Waals surface area contributed by atoms with Crippen LogP contribution >= 0.6 is 12.4 Å². The lowest BCUT2D eigenvalue weighted by Crippen LogP contribution is -2.45. The van der Waals surface area contributed by atoms with Crippen LogP contribution in [-0.4, -0.2) is 50.3 Å². The van der Waals surface area contributed by atoms with E-state index >= 15 is 0 Å². The molecule has 136 valence electrons. The van der Waals surface area contributed by atoms with Crippen molar-refractivity contribution in [2.75, 3.05) is 33.4 Å². The van der Waals surface area contributed by atoms with Gasteiger partial charge in [0, 0.05) is 33.4 Å². The van der Waals surface area contributed by atoms with Gasteiger partial charge in [0.05, 0.1) is 6.10 Å². The number of halogens is 1. The summed E-state index contributed by atoms with van der Waals surface area (Å²) < 4.78 is 10.8. The van der Waals surface area contributed by atoms with Crippen LogP contribution in [0.3, 0.4) is 0 Å². The van der Waals surface area contributed by atoms with E-state index in [-0.39, 0.29) is 24.4 Å². The molecule has 24 heavy (non-hydrogen) atoms. The van der Waals surface area contributed by atoms with E-state index < -0.39 is 6.04 Å². The summed E-state index contributed by atoms with van der Waals surface area (Å²) in [6.45, 7) is 4.90. The number of rotatable bonds is 7. The van der Waals surface area contributed by atoms with Crippen LogP contribution in [-0.2, 0) is 14.3 Å². The molecule has 0 aromatic heterocycles. The first kappa shape index (κ1) is 20.9. The molecule has 1 atom stereocenters. The number of likely N-dealkylation sites (tertiary alicyclic amines) is 1. The number of carbonyl (C=O) groups excluding carboxylic acids is 1. The number of aryl methyl sites for hydroxylation is 1. The zero-order valence-corrected chi connectivity index (χ0v) is 15.4. The number of hydrogen-bond donors (Lipinski definition) is 1. The van der Waals surface area contributed by atoms with Crippen molar-refractivity contribution in [1.29, 1.82) is 0 Å². The summed E-state index contributed by atoms with van der Waals surface area (Å²) in [6.07, 6.45) is 2.90. The third kappa shape index (κ3) is 6.06. The van der Waals surface area contributed by atoms with Gasteiger partial charge >= 0.3 is 0 Å². The Morgan fingerprint density at radius 3 is 2.46 bits per heavy atom. The minimum absolute atomic E-state index is 0. The minimum Gasteiger partial charge on any atom is -0.385 e. The van der Waals surface area contributed by atoms with Gasteiger partial charge in [-0.2, -0.15) is 0 Å². The van der Waals surface area contributed by atoms with Crippen molar-refractivity contribution in [1.82, 2.24) is 4.90 Å². The molecule has 0 saturated carbocycles. The predicted molar refractivity (Wildman–Crippen MR) is 97.4 cm³/mol. The van der Waals surface area contributed by atoms with Gasteiger partial charge in [-0.3, -0.25) is 4.79 Å². The lowest BCUT2D eigenvalue weighted by Gasteiger charge is -2.33. The summed E-state index contributed by atoms with van der Waals surface area (Å²) in [6, 6.07) is 7.27. The number of nitrogens with zero attached hydrogens (tertiary/aromatic N) is 1. The molecule has 1 unspecified atom stereocenters. The van der Waals surface area contributed by atoms with E-state index in [1.54, 1.807) is 7.11 Å². The van der Waals surface area contributed by atoms with Crippen LogP contribution in [0.5, 0.6) is 0 Å². The van der Waals surface area contributed by atoms with Crippen LogP contribution in [0.4, 0.5) is 0 Å². The van der Waals surface area contributed by atoms with E-state index in [9.17, 15) is 4.79 Å². The highest BCUT2D eigenvalue weighted by molar-refractivity contribution is 5.85. The Balaban J connectivity index is 0.00000288. The Morgan fingerprint density at radius 2 is 1.88 bits per heavy atom. The molecule has 1 heterocycles. The standard InChI is InChI=1S/C18H28N2O3.ClH/c1-14-4-6-15(7-5-14)17(19)18(21)20-10-8-16(9-11-20)23-13-3-12-22-2;/h4-7,16-17H,3,8-13,19H2,1-2H3;1H. The lowest BCUT2D eigenvalue weighted by atomic mass is 10.0. The number of ether oxygens (including phenoxy) is 2. The van der Waals surface area contributed by atoms with Crippen molar-refractivity contribution in [3.63, 3.8) is 0 Å². The van der Waals surface area contributed by atoms with Crippen LogP contribution in [0.25, 0.3) is 0 Å². The van der Waals surface area contributed by atoms with Crippen molar-refractivity contribution in [2.24, 2.45) is 5.73 Å². The molecular formula is C18H29ClN2O3. The maximum absolute atomic E-state index is 12.5. The summed E-state index contributed by atoms with van der Waals surface area (Å²) in [4.78, 5) is 14.4. The molecule has 1 aliphatic rings. The molecular weight excluding hydrogens is 328 g/mol. The first-order valence-corrected chi connectivity index (χ1v) is 8.33. The lowest BCUT2D eigenvalue weighted by molar-refractivity contribution is -0.135. The Morgan fingerprint density at radius 1 is 1.25 bits per heavy atom. The Labute approximate surface area is 150 Å². The van der Waals surface area contributed by atoms with Crippen LogP contribution in [0.15, 0.2) is 24.3 Å². The van der Waals surface area contributed by atoms with Gasteiger partial charge in [-0.1, -0.05) is 29.8 Å². The number of benzene rings is 1. The molecule has 1 fully saturated rings. The van der Waals surface area contributed by atoms with Crippen molar-refractivity contribution in [3.05, 3.63) is 35.4 Å². The molecule has 1 aromatic carbocycles. The molecule has 5 nitrogen and oxygen atoms in total. The van der Waals surface area contributed by atoms with Crippen LogP contribution in [0, 0.1) is 6.92 Å². The second-order valence-corrected chi connectivity index (χ2v) is 6.13. The highest BCUT2D eigenvalue weighted by Gasteiger charge is 2.27.